The highest BCUT2D eigenvalue weighted by Crippen LogP contribution is 2.25. The fourth-order valence-corrected chi connectivity index (χ4v) is 3.33. The Bertz CT molecular complexity index is 155. The van der Waals surface area contributed by atoms with Crippen molar-refractivity contribution in [3.05, 3.63) is 0 Å². The highest BCUT2D eigenvalue weighted by atomic mass is 32.2. The van der Waals surface area contributed by atoms with Crippen LogP contribution in [0.15, 0.2) is 0 Å². The predicted octanol–water partition coefficient (Wildman–Crippen LogP) is 4.08. The number of hydrogen-bond acceptors (Lipinski definition) is 2. The van der Waals surface area contributed by atoms with Crippen molar-refractivity contribution in [3.8, 4) is 0 Å². The van der Waals surface area contributed by atoms with Crippen LogP contribution in [0.3, 0.4) is 0 Å². The van der Waals surface area contributed by atoms with Gasteiger partial charge in [0.2, 0.25) is 0 Å². The minimum Gasteiger partial charge on any atom is -0.314 e. The summed E-state index contributed by atoms with van der Waals surface area (Å²) >= 11 is 2.06. The smallest absolute Gasteiger partial charge is 0.00465 e. The lowest BCUT2D eigenvalue weighted by Gasteiger charge is -2.22. The summed E-state index contributed by atoms with van der Waals surface area (Å²) in [7, 11) is 0. The summed E-state index contributed by atoms with van der Waals surface area (Å²) in [6.45, 7) is 5.81. The fourth-order valence-electron chi connectivity index (χ4n) is 2.52. The average Bonchev–Trinajstić information content (AvgIpc) is 2.31. The van der Waals surface area contributed by atoms with Gasteiger partial charge in [0, 0.05) is 6.04 Å². The van der Waals surface area contributed by atoms with Crippen LogP contribution >= 0.6 is 11.8 Å². The fraction of sp³-hybridized carbons (Fsp3) is 1.00. The second kappa shape index (κ2) is 9.35. The van der Waals surface area contributed by atoms with E-state index in [0.29, 0.717) is 6.04 Å². The van der Waals surface area contributed by atoms with Crippen molar-refractivity contribution in [2.24, 2.45) is 5.92 Å². The van der Waals surface area contributed by atoms with Gasteiger partial charge in [-0.25, -0.2) is 0 Å². The van der Waals surface area contributed by atoms with Crippen molar-refractivity contribution in [1.29, 1.82) is 0 Å². The molecule has 1 unspecified atom stereocenters. The molecule has 1 N–H and O–H groups in total. The van der Waals surface area contributed by atoms with Gasteiger partial charge in [-0.3, -0.25) is 0 Å². The van der Waals surface area contributed by atoms with Gasteiger partial charge in [-0.05, 0) is 43.7 Å². The van der Waals surface area contributed by atoms with Crippen LogP contribution in [0.4, 0.5) is 0 Å². The molecule has 0 aliphatic heterocycles. The molecule has 1 fully saturated rings. The molecule has 1 nitrogen and oxygen atoms in total. The summed E-state index contributed by atoms with van der Waals surface area (Å²) in [6.07, 6.45) is 10.1. The van der Waals surface area contributed by atoms with Gasteiger partial charge >= 0.3 is 0 Å². The Morgan fingerprint density at radius 2 is 2.00 bits per heavy atom. The first kappa shape index (κ1) is 14.4. The van der Waals surface area contributed by atoms with E-state index in [1.165, 1.54) is 63.0 Å². The first-order valence-electron chi connectivity index (χ1n) is 7.14. The predicted molar refractivity (Wildman–Crippen MR) is 76.3 cm³/mol. The van der Waals surface area contributed by atoms with Crippen molar-refractivity contribution < 1.29 is 0 Å². The molecule has 1 aliphatic rings. The van der Waals surface area contributed by atoms with Gasteiger partial charge in [-0.2, -0.15) is 11.8 Å². The number of hydrogen-bond donors (Lipinski definition) is 1. The third-order valence-electron chi connectivity index (χ3n) is 3.67. The second-order valence-corrected chi connectivity index (χ2v) is 6.53. The largest absolute Gasteiger partial charge is 0.314 e. The van der Waals surface area contributed by atoms with Gasteiger partial charge < -0.3 is 5.32 Å². The lowest BCUT2D eigenvalue weighted by Crippen LogP contribution is -2.29. The summed E-state index contributed by atoms with van der Waals surface area (Å²) in [5.41, 5.74) is 0. The molecule has 0 radical (unpaired) electrons. The molecule has 1 rings (SSSR count). The standard InChI is InChI=1S/C14H29NS/c1-3-16-12-10-13(2)15-11-9-14-7-5-4-6-8-14/h13-15H,3-12H2,1-2H3. The van der Waals surface area contributed by atoms with E-state index in [-0.39, 0.29) is 0 Å². The molecule has 0 saturated heterocycles. The maximum atomic E-state index is 3.68. The van der Waals surface area contributed by atoms with Crippen LogP contribution in [0.2, 0.25) is 0 Å². The molecule has 0 aromatic heterocycles. The summed E-state index contributed by atoms with van der Waals surface area (Å²) in [6, 6.07) is 0.711. The van der Waals surface area contributed by atoms with Gasteiger partial charge in [0.1, 0.15) is 0 Å². The highest BCUT2D eigenvalue weighted by molar-refractivity contribution is 7.99. The zero-order valence-electron chi connectivity index (χ0n) is 11.1. The quantitative estimate of drug-likeness (QED) is 0.645. The van der Waals surface area contributed by atoms with Gasteiger partial charge in [0.05, 0.1) is 0 Å². The zero-order chi connectivity index (χ0) is 11.6. The normalized spacial score (nSPS) is 19.9. The molecular formula is C14H29NS. The van der Waals surface area contributed by atoms with Crippen molar-refractivity contribution in [3.63, 3.8) is 0 Å². The van der Waals surface area contributed by atoms with Gasteiger partial charge in [-0.15, -0.1) is 0 Å². The molecule has 0 aromatic carbocycles. The van der Waals surface area contributed by atoms with Crippen LogP contribution in [0.25, 0.3) is 0 Å². The van der Waals surface area contributed by atoms with Crippen LogP contribution < -0.4 is 5.32 Å². The van der Waals surface area contributed by atoms with Gasteiger partial charge in [-0.1, -0.05) is 39.0 Å². The molecule has 1 aliphatic carbocycles. The molecule has 1 saturated carbocycles. The lowest BCUT2D eigenvalue weighted by molar-refractivity contribution is 0.328. The first-order valence-corrected chi connectivity index (χ1v) is 8.29. The van der Waals surface area contributed by atoms with Crippen LogP contribution in [0.5, 0.6) is 0 Å². The minimum atomic E-state index is 0.711. The molecule has 0 bridgehead atoms. The summed E-state index contributed by atoms with van der Waals surface area (Å²) in [5, 5.41) is 3.68. The first-order chi connectivity index (χ1) is 7.83. The maximum absolute atomic E-state index is 3.68. The van der Waals surface area contributed by atoms with E-state index in [0.717, 1.165) is 5.92 Å². The molecule has 0 aromatic rings. The molecule has 0 heterocycles. The van der Waals surface area contributed by atoms with Gasteiger partial charge in [0.25, 0.3) is 0 Å². The topological polar surface area (TPSA) is 12.0 Å². The van der Waals surface area contributed by atoms with Crippen molar-refractivity contribution in [1.82, 2.24) is 5.32 Å². The third kappa shape index (κ3) is 6.80. The SMILES string of the molecule is CCSCCC(C)NCCC1CCCCC1. The number of thioether (sulfide) groups is 1. The summed E-state index contributed by atoms with van der Waals surface area (Å²) < 4.78 is 0. The van der Waals surface area contributed by atoms with Crippen LogP contribution in [0, 0.1) is 5.92 Å². The van der Waals surface area contributed by atoms with Crippen LogP contribution in [-0.2, 0) is 0 Å². The Labute approximate surface area is 106 Å². The van der Waals surface area contributed by atoms with Crippen molar-refractivity contribution in [2.45, 2.75) is 64.8 Å². The van der Waals surface area contributed by atoms with E-state index >= 15 is 0 Å². The average molecular weight is 243 g/mol. The monoisotopic (exact) mass is 243 g/mol. The van der Waals surface area contributed by atoms with E-state index in [4.69, 9.17) is 0 Å². The zero-order valence-corrected chi connectivity index (χ0v) is 12.0. The van der Waals surface area contributed by atoms with Crippen molar-refractivity contribution >= 4 is 11.8 Å². The molecule has 2 heteroatoms. The van der Waals surface area contributed by atoms with Crippen LogP contribution in [0.1, 0.15) is 58.8 Å². The Morgan fingerprint density at radius 1 is 1.25 bits per heavy atom. The Balaban J connectivity index is 1.92. The van der Waals surface area contributed by atoms with Crippen LogP contribution in [-0.4, -0.2) is 24.1 Å². The highest BCUT2D eigenvalue weighted by Gasteiger charge is 2.12. The molecular weight excluding hydrogens is 214 g/mol. The Kier molecular flexibility index (Phi) is 8.40. The summed E-state index contributed by atoms with van der Waals surface area (Å²) in [4.78, 5) is 0. The summed E-state index contributed by atoms with van der Waals surface area (Å²) in [5.74, 6) is 3.60. The molecule has 0 amide bonds. The van der Waals surface area contributed by atoms with E-state index < -0.39 is 0 Å². The third-order valence-corrected chi connectivity index (χ3v) is 4.60. The molecule has 96 valence electrons. The maximum Gasteiger partial charge on any atom is 0.00465 e. The van der Waals surface area contributed by atoms with E-state index in [9.17, 15) is 0 Å². The van der Waals surface area contributed by atoms with E-state index in [1.807, 2.05) is 0 Å². The lowest BCUT2D eigenvalue weighted by atomic mass is 9.87. The number of rotatable bonds is 8. The molecule has 1 atom stereocenters. The molecule has 0 spiro atoms. The van der Waals surface area contributed by atoms with Gasteiger partial charge in [0.15, 0.2) is 0 Å². The molecule has 16 heavy (non-hydrogen) atoms. The van der Waals surface area contributed by atoms with E-state index in [2.05, 4.69) is 30.9 Å². The number of nitrogens with one attached hydrogen (secondary N) is 1. The van der Waals surface area contributed by atoms with Crippen molar-refractivity contribution in [2.75, 3.05) is 18.1 Å². The second-order valence-electron chi connectivity index (χ2n) is 5.13. The minimum absolute atomic E-state index is 0.711. The Hall–Kier alpha value is 0.310. The van der Waals surface area contributed by atoms with E-state index in [1.54, 1.807) is 0 Å². The Morgan fingerprint density at radius 3 is 2.69 bits per heavy atom.